The van der Waals surface area contributed by atoms with Crippen LogP contribution in [0.3, 0.4) is 0 Å². The van der Waals surface area contributed by atoms with Crippen molar-refractivity contribution in [2.45, 2.75) is 27.2 Å². The van der Waals surface area contributed by atoms with Crippen molar-refractivity contribution in [1.82, 2.24) is 15.8 Å². The number of carbonyl (C=O) groups excluding carboxylic acids is 2. The van der Waals surface area contributed by atoms with Crippen LogP contribution in [-0.4, -0.2) is 16.8 Å². The lowest BCUT2D eigenvalue weighted by molar-refractivity contribution is -0.121. The molecule has 0 aliphatic carbocycles. The summed E-state index contributed by atoms with van der Waals surface area (Å²) in [5, 5.41) is 0.789. The van der Waals surface area contributed by atoms with Crippen molar-refractivity contribution in [3.63, 3.8) is 0 Å². The quantitative estimate of drug-likeness (QED) is 0.619. The highest BCUT2D eigenvalue weighted by Gasteiger charge is 2.19. The van der Waals surface area contributed by atoms with Crippen LogP contribution in [-0.2, 0) is 11.2 Å². The van der Waals surface area contributed by atoms with Gasteiger partial charge >= 0.3 is 0 Å². The Bertz CT molecular complexity index is 993. The van der Waals surface area contributed by atoms with Crippen LogP contribution in [0.2, 0.25) is 0 Å². The number of nitrogens with one attached hydrogen (secondary N) is 2. The summed E-state index contributed by atoms with van der Waals surface area (Å²) in [5.74, 6) is -0.744. The fraction of sp³-hybridized carbons (Fsp3) is 0.211. The van der Waals surface area contributed by atoms with E-state index in [0.717, 1.165) is 32.6 Å². The minimum absolute atomic E-state index is 0.183. The van der Waals surface area contributed by atoms with Gasteiger partial charge in [-0.2, -0.15) is 0 Å². The summed E-state index contributed by atoms with van der Waals surface area (Å²) in [6, 6.07) is 9.58. The topological polar surface area (TPSA) is 97.1 Å². The number of nitrogen functional groups attached to an aromatic ring is 1. The average Bonchev–Trinajstić information content (AvgIpc) is 2.91. The molecule has 0 saturated carbocycles. The van der Waals surface area contributed by atoms with E-state index in [1.165, 1.54) is 11.3 Å². The molecule has 2 aromatic heterocycles. The number of fused-ring (bicyclic) bond motifs is 1. The summed E-state index contributed by atoms with van der Waals surface area (Å²) in [6.07, 6.45) is 0.183. The monoisotopic (exact) mass is 368 g/mol. The first-order valence-electron chi connectivity index (χ1n) is 8.16. The number of hydrazine groups is 1. The molecule has 0 spiro atoms. The standard InChI is InChI=1S/C19H20N4O2S/c1-10-4-6-13(7-5-10)9-14(24)22-23-18(25)17-16(20)15-11(2)8-12(3)21-19(15)26-17/h4-8H,9,20H2,1-3H3,(H,22,24)(H,23,25). The highest BCUT2D eigenvalue weighted by atomic mass is 32.1. The molecule has 0 radical (unpaired) electrons. The molecule has 7 heteroatoms. The molecule has 3 aromatic rings. The number of benzene rings is 1. The van der Waals surface area contributed by atoms with Gasteiger partial charge in [-0.1, -0.05) is 29.8 Å². The molecule has 1 aromatic carbocycles. The second-order valence-electron chi connectivity index (χ2n) is 6.27. The van der Waals surface area contributed by atoms with Crippen molar-refractivity contribution >= 4 is 39.1 Å². The Morgan fingerprint density at radius 2 is 1.81 bits per heavy atom. The highest BCUT2D eigenvalue weighted by Crippen LogP contribution is 2.34. The number of aryl methyl sites for hydroxylation is 3. The van der Waals surface area contributed by atoms with Gasteiger partial charge in [0.2, 0.25) is 5.91 Å². The van der Waals surface area contributed by atoms with Crippen LogP contribution in [0, 0.1) is 20.8 Å². The van der Waals surface area contributed by atoms with Gasteiger partial charge in [0, 0.05) is 11.1 Å². The Kier molecular flexibility index (Phi) is 4.90. The van der Waals surface area contributed by atoms with Crippen molar-refractivity contribution in [2.75, 3.05) is 5.73 Å². The van der Waals surface area contributed by atoms with Gasteiger partial charge < -0.3 is 5.73 Å². The van der Waals surface area contributed by atoms with Gasteiger partial charge in [0.15, 0.2) is 0 Å². The van der Waals surface area contributed by atoms with E-state index < -0.39 is 5.91 Å². The van der Waals surface area contributed by atoms with E-state index in [2.05, 4.69) is 15.8 Å². The van der Waals surface area contributed by atoms with Gasteiger partial charge in [0.1, 0.15) is 9.71 Å². The number of carbonyl (C=O) groups is 2. The molecule has 0 unspecified atom stereocenters. The largest absolute Gasteiger partial charge is 0.397 e. The average molecular weight is 368 g/mol. The number of rotatable bonds is 3. The van der Waals surface area contributed by atoms with Crippen molar-refractivity contribution < 1.29 is 9.59 Å². The van der Waals surface area contributed by atoms with Crippen molar-refractivity contribution in [3.8, 4) is 0 Å². The number of anilines is 1. The summed E-state index contributed by atoms with van der Waals surface area (Å²) >= 11 is 1.22. The smallest absolute Gasteiger partial charge is 0.281 e. The molecule has 4 N–H and O–H groups in total. The SMILES string of the molecule is Cc1ccc(CC(=O)NNC(=O)c2sc3nc(C)cc(C)c3c2N)cc1. The second-order valence-corrected chi connectivity index (χ2v) is 7.27. The van der Waals surface area contributed by atoms with Gasteiger partial charge in [0.05, 0.1) is 12.1 Å². The van der Waals surface area contributed by atoms with Gasteiger partial charge in [-0.25, -0.2) is 4.98 Å². The first-order valence-corrected chi connectivity index (χ1v) is 8.97. The van der Waals surface area contributed by atoms with E-state index in [1.807, 2.05) is 51.1 Å². The zero-order chi connectivity index (χ0) is 18.8. The molecule has 0 bridgehead atoms. The molecule has 0 atom stereocenters. The fourth-order valence-electron chi connectivity index (χ4n) is 2.76. The molecule has 0 fully saturated rings. The molecular weight excluding hydrogens is 348 g/mol. The maximum Gasteiger partial charge on any atom is 0.281 e. The van der Waals surface area contributed by atoms with Gasteiger partial charge in [-0.05, 0) is 38.0 Å². The van der Waals surface area contributed by atoms with Crippen LogP contribution in [0.15, 0.2) is 30.3 Å². The Morgan fingerprint density at radius 3 is 2.50 bits per heavy atom. The number of hydrogen-bond donors (Lipinski definition) is 3. The molecule has 6 nitrogen and oxygen atoms in total. The highest BCUT2D eigenvalue weighted by molar-refractivity contribution is 7.21. The zero-order valence-corrected chi connectivity index (χ0v) is 15.7. The van der Waals surface area contributed by atoms with Crippen LogP contribution in [0.5, 0.6) is 0 Å². The number of hydrogen-bond acceptors (Lipinski definition) is 5. The maximum absolute atomic E-state index is 12.4. The summed E-state index contributed by atoms with van der Waals surface area (Å²) in [4.78, 5) is 29.9. The van der Waals surface area contributed by atoms with Crippen LogP contribution < -0.4 is 16.6 Å². The Balaban J connectivity index is 1.69. The molecule has 0 saturated heterocycles. The Morgan fingerprint density at radius 1 is 1.12 bits per heavy atom. The number of pyridine rings is 1. The van der Waals surface area contributed by atoms with E-state index >= 15 is 0 Å². The van der Waals surface area contributed by atoms with Gasteiger partial charge in [-0.3, -0.25) is 20.4 Å². The molecule has 0 aliphatic rings. The van der Waals surface area contributed by atoms with E-state index in [4.69, 9.17) is 5.73 Å². The van der Waals surface area contributed by atoms with E-state index in [-0.39, 0.29) is 12.3 Å². The van der Waals surface area contributed by atoms with Crippen molar-refractivity contribution in [2.24, 2.45) is 0 Å². The Hall–Kier alpha value is -2.93. The minimum atomic E-state index is -0.445. The minimum Gasteiger partial charge on any atom is -0.397 e. The lowest BCUT2D eigenvalue weighted by Gasteiger charge is -2.07. The zero-order valence-electron chi connectivity index (χ0n) is 14.8. The molecule has 2 amide bonds. The summed E-state index contributed by atoms with van der Waals surface area (Å²) in [6.45, 7) is 5.82. The van der Waals surface area contributed by atoms with E-state index in [0.29, 0.717) is 10.6 Å². The molecular formula is C19H20N4O2S. The summed E-state index contributed by atoms with van der Waals surface area (Å²) in [5.41, 5.74) is 15.2. The third kappa shape index (κ3) is 3.67. The van der Waals surface area contributed by atoms with E-state index in [1.54, 1.807) is 0 Å². The third-order valence-electron chi connectivity index (χ3n) is 4.03. The van der Waals surface area contributed by atoms with Crippen molar-refractivity contribution in [1.29, 1.82) is 0 Å². The van der Waals surface area contributed by atoms with E-state index in [9.17, 15) is 9.59 Å². The molecule has 26 heavy (non-hydrogen) atoms. The molecule has 2 heterocycles. The first-order chi connectivity index (χ1) is 12.3. The number of aromatic nitrogens is 1. The number of thiophene rings is 1. The fourth-order valence-corrected chi connectivity index (χ4v) is 3.87. The first kappa shape index (κ1) is 17.9. The predicted molar refractivity (Wildman–Crippen MR) is 104 cm³/mol. The lowest BCUT2D eigenvalue weighted by Crippen LogP contribution is -2.42. The molecule has 3 rings (SSSR count). The van der Waals surface area contributed by atoms with Crippen LogP contribution in [0.1, 0.15) is 32.1 Å². The predicted octanol–water partition coefficient (Wildman–Crippen LogP) is 2.81. The maximum atomic E-state index is 12.4. The number of amides is 2. The molecule has 134 valence electrons. The summed E-state index contributed by atoms with van der Waals surface area (Å²) in [7, 11) is 0. The van der Waals surface area contributed by atoms with Crippen LogP contribution in [0.25, 0.3) is 10.2 Å². The Labute approximate surface area is 155 Å². The van der Waals surface area contributed by atoms with Crippen LogP contribution in [0.4, 0.5) is 5.69 Å². The molecule has 0 aliphatic heterocycles. The van der Waals surface area contributed by atoms with Crippen molar-refractivity contribution in [3.05, 3.63) is 57.6 Å². The van der Waals surface area contributed by atoms with Gasteiger partial charge in [-0.15, -0.1) is 11.3 Å². The lowest BCUT2D eigenvalue weighted by atomic mass is 10.1. The summed E-state index contributed by atoms with van der Waals surface area (Å²) < 4.78 is 0. The van der Waals surface area contributed by atoms with Crippen LogP contribution >= 0.6 is 11.3 Å². The number of nitrogens with two attached hydrogens (primary N) is 1. The third-order valence-corrected chi connectivity index (χ3v) is 5.13. The second kappa shape index (κ2) is 7.13. The van der Waals surface area contributed by atoms with Gasteiger partial charge in [0.25, 0.3) is 5.91 Å². The number of nitrogens with zero attached hydrogens (tertiary/aromatic N) is 1. The normalized spacial score (nSPS) is 10.7.